The van der Waals surface area contributed by atoms with Crippen LogP contribution in [0.5, 0.6) is 0 Å². The summed E-state index contributed by atoms with van der Waals surface area (Å²) >= 11 is 0. The summed E-state index contributed by atoms with van der Waals surface area (Å²) in [4.78, 5) is 2.24. The molecule has 1 aliphatic heterocycles. The zero-order valence-corrected chi connectivity index (χ0v) is 9.26. The van der Waals surface area contributed by atoms with Gasteiger partial charge in [0, 0.05) is 24.8 Å². The average Bonchev–Trinajstić information content (AvgIpc) is 2.49. The molecule has 0 saturated heterocycles. The van der Waals surface area contributed by atoms with Crippen molar-refractivity contribution in [3.05, 3.63) is 29.1 Å². The van der Waals surface area contributed by atoms with Gasteiger partial charge in [-0.2, -0.15) is 0 Å². The maximum absolute atomic E-state index is 13.3. The van der Waals surface area contributed by atoms with Gasteiger partial charge in [-0.15, -0.1) is 0 Å². The molecule has 0 aromatic heterocycles. The van der Waals surface area contributed by atoms with Gasteiger partial charge in [-0.25, -0.2) is 4.39 Å². The molecule has 0 amide bonds. The molecule has 82 valence electrons. The number of aryl methyl sites for hydroxylation is 1. The first-order valence-corrected chi connectivity index (χ1v) is 5.37. The number of hydrogen-bond donors (Lipinski definition) is 1. The molecule has 0 aliphatic carbocycles. The van der Waals surface area contributed by atoms with E-state index >= 15 is 0 Å². The number of nitrogens with two attached hydrogens (primary N) is 1. The van der Waals surface area contributed by atoms with Gasteiger partial charge in [0.05, 0.1) is 0 Å². The van der Waals surface area contributed by atoms with Crippen LogP contribution in [0.15, 0.2) is 12.1 Å². The van der Waals surface area contributed by atoms with Gasteiger partial charge in [-0.3, -0.25) is 0 Å². The minimum absolute atomic E-state index is 0.101. The van der Waals surface area contributed by atoms with Crippen LogP contribution < -0.4 is 10.6 Å². The van der Waals surface area contributed by atoms with Crippen molar-refractivity contribution in [3.63, 3.8) is 0 Å². The van der Waals surface area contributed by atoms with E-state index < -0.39 is 0 Å². The Balaban J connectivity index is 2.30. The highest BCUT2D eigenvalue weighted by Crippen LogP contribution is 2.30. The lowest BCUT2D eigenvalue weighted by atomic mass is 10.1. The molecule has 2 N–H and O–H groups in total. The van der Waals surface area contributed by atoms with Crippen molar-refractivity contribution in [1.29, 1.82) is 0 Å². The van der Waals surface area contributed by atoms with Gasteiger partial charge in [-0.05, 0) is 43.5 Å². The summed E-state index contributed by atoms with van der Waals surface area (Å²) in [6, 6.07) is 3.74. The minimum atomic E-state index is -0.101. The van der Waals surface area contributed by atoms with E-state index in [4.69, 9.17) is 5.73 Å². The lowest BCUT2D eigenvalue weighted by Crippen LogP contribution is -2.34. The number of benzene rings is 1. The Morgan fingerprint density at radius 2 is 2.27 bits per heavy atom. The Bertz CT molecular complexity index is 374. The summed E-state index contributed by atoms with van der Waals surface area (Å²) in [6.45, 7) is 5.60. The highest BCUT2D eigenvalue weighted by Gasteiger charge is 2.20. The molecular formula is C12H17FN2. The van der Waals surface area contributed by atoms with Crippen LogP contribution in [0.4, 0.5) is 10.1 Å². The van der Waals surface area contributed by atoms with Gasteiger partial charge in [0.1, 0.15) is 5.82 Å². The second kappa shape index (κ2) is 3.81. The van der Waals surface area contributed by atoms with Crippen molar-refractivity contribution >= 4 is 5.69 Å². The van der Waals surface area contributed by atoms with Crippen molar-refractivity contribution in [2.75, 3.05) is 18.0 Å². The van der Waals surface area contributed by atoms with Crippen LogP contribution in [0, 0.1) is 12.7 Å². The smallest absolute Gasteiger partial charge is 0.126 e. The van der Waals surface area contributed by atoms with Crippen molar-refractivity contribution in [2.24, 2.45) is 5.73 Å². The Morgan fingerprint density at radius 3 is 2.93 bits per heavy atom. The van der Waals surface area contributed by atoms with Crippen LogP contribution in [-0.4, -0.2) is 19.1 Å². The number of fused-ring (bicyclic) bond motifs is 1. The van der Waals surface area contributed by atoms with Crippen LogP contribution in [0.2, 0.25) is 0 Å². The molecule has 1 heterocycles. The second-order valence-corrected chi connectivity index (χ2v) is 4.40. The zero-order chi connectivity index (χ0) is 11.0. The lowest BCUT2D eigenvalue weighted by molar-refractivity contribution is 0.617. The van der Waals surface area contributed by atoms with Gasteiger partial charge in [0.25, 0.3) is 0 Å². The van der Waals surface area contributed by atoms with Gasteiger partial charge in [0.2, 0.25) is 0 Å². The Hall–Kier alpha value is -1.09. The Labute approximate surface area is 89.9 Å². The third kappa shape index (κ3) is 1.97. The minimum Gasteiger partial charge on any atom is -0.369 e. The Kier molecular flexibility index (Phi) is 2.65. The highest BCUT2D eigenvalue weighted by molar-refractivity contribution is 5.59. The fourth-order valence-corrected chi connectivity index (χ4v) is 2.12. The van der Waals surface area contributed by atoms with E-state index in [0.29, 0.717) is 5.56 Å². The quantitative estimate of drug-likeness (QED) is 0.803. The molecule has 0 saturated carbocycles. The van der Waals surface area contributed by atoms with Gasteiger partial charge >= 0.3 is 0 Å². The first kappa shape index (κ1) is 10.4. The van der Waals surface area contributed by atoms with Crippen molar-refractivity contribution in [1.82, 2.24) is 0 Å². The molecule has 1 aromatic rings. The van der Waals surface area contributed by atoms with Gasteiger partial charge < -0.3 is 10.6 Å². The predicted octanol–water partition coefficient (Wildman–Crippen LogP) is 1.84. The standard InChI is InChI=1S/C12H17FN2/c1-8-5-12-10(6-11(8)13)3-4-15(12)7-9(2)14/h5-6,9H,3-4,7,14H2,1-2H3. The van der Waals surface area contributed by atoms with Gasteiger partial charge in [0.15, 0.2) is 0 Å². The van der Waals surface area contributed by atoms with Crippen molar-refractivity contribution in [3.8, 4) is 0 Å². The van der Waals surface area contributed by atoms with Crippen LogP contribution >= 0.6 is 0 Å². The molecule has 15 heavy (non-hydrogen) atoms. The van der Waals surface area contributed by atoms with E-state index in [0.717, 1.165) is 30.8 Å². The monoisotopic (exact) mass is 208 g/mol. The molecule has 1 aromatic carbocycles. The summed E-state index contributed by atoms with van der Waals surface area (Å²) in [5.41, 5.74) is 8.76. The fraction of sp³-hybridized carbons (Fsp3) is 0.500. The number of halogens is 1. The Morgan fingerprint density at radius 1 is 1.53 bits per heavy atom. The van der Waals surface area contributed by atoms with Crippen LogP contribution in [0.25, 0.3) is 0 Å². The van der Waals surface area contributed by atoms with E-state index in [1.807, 2.05) is 13.0 Å². The van der Waals surface area contributed by atoms with E-state index in [-0.39, 0.29) is 11.9 Å². The summed E-state index contributed by atoms with van der Waals surface area (Å²) in [5, 5.41) is 0. The average molecular weight is 208 g/mol. The molecule has 0 spiro atoms. The van der Waals surface area contributed by atoms with Crippen LogP contribution in [0.1, 0.15) is 18.1 Å². The molecule has 0 fully saturated rings. The van der Waals surface area contributed by atoms with E-state index in [1.165, 1.54) is 0 Å². The second-order valence-electron chi connectivity index (χ2n) is 4.40. The third-order valence-corrected chi connectivity index (χ3v) is 2.86. The molecule has 2 nitrogen and oxygen atoms in total. The van der Waals surface area contributed by atoms with Gasteiger partial charge in [-0.1, -0.05) is 0 Å². The lowest BCUT2D eigenvalue weighted by Gasteiger charge is -2.21. The fourth-order valence-electron chi connectivity index (χ4n) is 2.12. The zero-order valence-electron chi connectivity index (χ0n) is 9.26. The summed E-state index contributed by atoms with van der Waals surface area (Å²) in [5.74, 6) is -0.101. The molecule has 0 bridgehead atoms. The molecule has 3 heteroatoms. The van der Waals surface area contributed by atoms with E-state index in [2.05, 4.69) is 4.90 Å². The topological polar surface area (TPSA) is 29.3 Å². The molecule has 1 aliphatic rings. The predicted molar refractivity (Wildman–Crippen MR) is 60.7 cm³/mol. The van der Waals surface area contributed by atoms with Crippen LogP contribution in [0.3, 0.4) is 0 Å². The normalized spacial score (nSPS) is 16.7. The van der Waals surface area contributed by atoms with E-state index in [1.54, 1.807) is 13.0 Å². The number of nitrogens with zero attached hydrogens (tertiary/aromatic N) is 1. The number of hydrogen-bond acceptors (Lipinski definition) is 2. The molecule has 1 unspecified atom stereocenters. The number of anilines is 1. The first-order chi connectivity index (χ1) is 7.08. The van der Waals surface area contributed by atoms with E-state index in [9.17, 15) is 4.39 Å². The molecule has 2 rings (SSSR count). The maximum atomic E-state index is 13.3. The van der Waals surface area contributed by atoms with Crippen LogP contribution in [-0.2, 0) is 6.42 Å². The summed E-state index contributed by atoms with van der Waals surface area (Å²) < 4.78 is 13.3. The summed E-state index contributed by atoms with van der Waals surface area (Å²) in [7, 11) is 0. The van der Waals surface area contributed by atoms with Crippen molar-refractivity contribution < 1.29 is 4.39 Å². The highest BCUT2D eigenvalue weighted by atomic mass is 19.1. The SMILES string of the molecule is Cc1cc2c(cc1F)CCN2CC(C)N. The molecule has 0 radical (unpaired) electrons. The van der Waals surface area contributed by atoms with Crippen molar-refractivity contribution in [2.45, 2.75) is 26.3 Å². The first-order valence-electron chi connectivity index (χ1n) is 5.37. The third-order valence-electron chi connectivity index (χ3n) is 2.86. The molecule has 1 atom stereocenters. The summed E-state index contributed by atoms with van der Waals surface area (Å²) in [6.07, 6.45) is 0.930. The number of rotatable bonds is 2. The molecular weight excluding hydrogens is 191 g/mol. The largest absolute Gasteiger partial charge is 0.369 e. The maximum Gasteiger partial charge on any atom is 0.126 e.